The Balaban J connectivity index is 3.76. The molecule has 0 aliphatic carbocycles. The van der Waals surface area contributed by atoms with Gasteiger partial charge in [0.1, 0.15) is 14.7 Å². The highest BCUT2D eigenvalue weighted by molar-refractivity contribution is 6.58. The van der Waals surface area contributed by atoms with Gasteiger partial charge in [-0.3, -0.25) is 0 Å². The summed E-state index contributed by atoms with van der Waals surface area (Å²) in [5.41, 5.74) is 0. The maximum atomic E-state index is 10.8. The maximum absolute atomic E-state index is 10.8. The molecule has 0 aliphatic rings. The van der Waals surface area contributed by atoms with Crippen molar-refractivity contribution < 1.29 is 19.0 Å². The first-order valence-electron chi connectivity index (χ1n) is 6.18. The van der Waals surface area contributed by atoms with Crippen LogP contribution in [0.25, 0.3) is 0 Å². The Kier molecular flexibility index (Phi) is 10.1. The lowest BCUT2D eigenvalue weighted by molar-refractivity contribution is -0.137. The molecule has 0 heterocycles. The summed E-state index contributed by atoms with van der Waals surface area (Å²) in [5.74, 6) is -0.384. The molecule has 0 N–H and O–H groups in total. The molecule has 0 aromatic heterocycles. The van der Waals surface area contributed by atoms with Crippen LogP contribution in [0, 0.1) is 0 Å². The minimum atomic E-state index is -1.09. The van der Waals surface area contributed by atoms with E-state index in [1.165, 1.54) is 6.08 Å². The molecule has 0 aliphatic heterocycles. The van der Waals surface area contributed by atoms with Gasteiger partial charge in [-0.2, -0.15) is 0 Å². The van der Waals surface area contributed by atoms with E-state index < -0.39 is 8.80 Å². The van der Waals surface area contributed by atoms with Crippen LogP contribution in [-0.4, -0.2) is 40.5 Å². The summed E-state index contributed by atoms with van der Waals surface area (Å²) in [5, 5.41) is 0. The maximum Gasteiger partial charge on any atom is 0.330 e. The van der Waals surface area contributed by atoms with Crippen molar-refractivity contribution in [3.63, 3.8) is 0 Å². The Morgan fingerprint density at radius 3 is 2.41 bits per heavy atom. The quantitative estimate of drug-likeness (QED) is 0.198. The van der Waals surface area contributed by atoms with Crippen LogP contribution in [0.3, 0.4) is 0 Å². The molecule has 0 aromatic rings. The van der Waals surface area contributed by atoms with Gasteiger partial charge in [0.15, 0.2) is 0 Å². The largest absolute Gasteiger partial charge is 0.463 e. The summed E-state index contributed by atoms with van der Waals surface area (Å²) in [6.45, 7) is 11.3. The molecule has 0 amide bonds. The van der Waals surface area contributed by atoms with Crippen molar-refractivity contribution in [1.29, 1.82) is 0 Å². The summed E-state index contributed by atoms with van der Waals surface area (Å²) in [6, 6.07) is 1.04. The Bertz CT molecular complexity index is 215. The standard InChI is InChI=1S/C12H24O4Si/c1-5-11(13)16-9-8-10-17(4)12(14-6-2)15-7-3/h5,12,17H,1,6-10H2,2-4H3. The first-order valence-corrected chi connectivity index (χ1v) is 8.81. The van der Waals surface area contributed by atoms with E-state index in [0.29, 0.717) is 19.8 Å². The minimum absolute atomic E-state index is 0.0277. The minimum Gasteiger partial charge on any atom is -0.463 e. The van der Waals surface area contributed by atoms with Gasteiger partial charge < -0.3 is 14.2 Å². The van der Waals surface area contributed by atoms with Crippen LogP contribution >= 0.6 is 0 Å². The fourth-order valence-corrected chi connectivity index (χ4v) is 3.60. The molecular formula is C12H24O4Si. The van der Waals surface area contributed by atoms with E-state index >= 15 is 0 Å². The van der Waals surface area contributed by atoms with Gasteiger partial charge in [-0.1, -0.05) is 19.2 Å². The van der Waals surface area contributed by atoms with Crippen molar-refractivity contribution in [3.8, 4) is 0 Å². The van der Waals surface area contributed by atoms with Gasteiger partial charge in [-0.05, 0) is 20.3 Å². The van der Waals surface area contributed by atoms with Gasteiger partial charge in [-0.25, -0.2) is 4.79 Å². The van der Waals surface area contributed by atoms with E-state index in [0.717, 1.165) is 12.5 Å². The zero-order chi connectivity index (χ0) is 13.1. The lowest BCUT2D eigenvalue weighted by Crippen LogP contribution is -2.33. The fraction of sp³-hybridized carbons (Fsp3) is 0.750. The van der Waals surface area contributed by atoms with E-state index in [1.54, 1.807) is 0 Å². The monoisotopic (exact) mass is 260 g/mol. The lowest BCUT2D eigenvalue weighted by Gasteiger charge is -2.22. The molecule has 1 atom stereocenters. The summed E-state index contributed by atoms with van der Waals surface area (Å²) < 4.78 is 16.0. The van der Waals surface area contributed by atoms with Crippen molar-refractivity contribution in [2.45, 2.75) is 38.8 Å². The van der Waals surface area contributed by atoms with Crippen LogP contribution in [0.15, 0.2) is 12.7 Å². The van der Waals surface area contributed by atoms with Crippen molar-refractivity contribution in [3.05, 3.63) is 12.7 Å². The predicted octanol–water partition coefficient (Wildman–Crippen LogP) is 1.90. The SMILES string of the molecule is C=CC(=O)OCCC[SiH](C)C(OCC)OCC. The number of carbonyl (C=O) groups is 1. The van der Waals surface area contributed by atoms with Crippen molar-refractivity contribution in [2.24, 2.45) is 0 Å². The molecule has 17 heavy (non-hydrogen) atoms. The fourth-order valence-electron chi connectivity index (χ4n) is 1.48. The van der Waals surface area contributed by atoms with Gasteiger partial charge in [0.25, 0.3) is 0 Å². The van der Waals surface area contributed by atoms with Gasteiger partial charge in [-0.15, -0.1) is 0 Å². The molecule has 4 nitrogen and oxygen atoms in total. The zero-order valence-corrected chi connectivity index (χ0v) is 12.3. The smallest absolute Gasteiger partial charge is 0.330 e. The van der Waals surface area contributed by atoms with E-state index in [1.807, 2.05) is 13.8 Å². The molecule has 0 bridgehead atoms. The highest BCUT2D eigenvalue weighted by Gasteiger charge is 2.18. The number of hydrogen-bond donors (Lipinski definition) is 0. The molecule has 100 valence electrons. The molecule has 0 saturated carbocycles. The molecule has 0 saturated heterocycles. The van der Waals surface area contributed by atoms with Crippen molar-refractivity contribution in [2.75, 3.05) is 19.8 Å². The van der Waals surface area contributed by atoms with Gasteiger partial charge in [0.2, 0.25) is 0 Å². The summed E-state index contributed by atoms with van der Waals surface area (Å²) >= 11 is 0. The number of ether oxygens (including phenoxy) is 3. The van der Waals surface area contributed by atoms with Gasteiger partial charge in [0, 0.05) is 19.3 Å². The molecular weight excluding hydrogens is 236 g/mol. The van der Waals surface area contributed by atoms with Crippen LogP contribution in [0.2, 0.25) is 12.6 Å². The van der Waals surface area contributed by atoms with Crippen LogP contribution in [0.5, 0.6) is 0 Å². The van der Waals surface area contributed by atoms with Crippen molar-refractivity contribution in [1.82, 2.24) is 0 Å². The molecule has 0 fully saturated rings. The number of esters is 1. The molecule has 0 spiro atoms. The van der Waals surface area contributed by atoms with E-state index in [4.69, 9.17) is 14.2 Å². The second-order valence-electron chi connectivity index (χ2n) is 3.77. The van der Waals surface area contributed by atoms with Crippen LogP contribution in [0.1, 0.15) is 20.3 Å². The van der Waals surface area contributed by atoms with Crippen LogP contribution < -0.4 is 0 Å². The van der Waals surface area contributed by atoms with Crippen LogP contribution in [0.4, 0.5) is 0 Å². The third-order valence-electron chi connectivity index (χ3n) is 2.34. The second-order valence-corrected chi connectivity index (χ2v) is 6.85. The lowest BCUT2D eigenvalue weighted by atomic mass is 10.5. The number of rotatable bonds is 10. The Morgan fingerprint density at radius 1 is 1.35 bits per heavy atom. The van der Waals surface area contributed by atoms with Crippen LogP contribution in [-0.2, 0) is 19.0 Å². The van der Waals surface area contributed by atoms with E-state index in [-0.39, 0.29) is 11.9 Å². The topological polar surface area (TPSA) is 44.8 Å². The first-order chi connectivity index (χ1) is 8.15. The van der Waals surface area contributed by atoms with E-state index in [2.05, 4.69) is 13.1 Å². The third kappa shape index (κ3) is 8.12. The highest BCUT2D eigenvalue weighted by Crippen LogP contribution is 2.08. The normalized spacial score (nSPS) is 12.5. The molecule has 5 heteroatoms. The Labute approximate surface area is 106 Å². The summed E-state index contributed by atoms with van der Waals surface area (Å²) in [7, 11) is -1.09. The summed E-state index contributed by atoms with van der Waals surface area (Å²) in [6.07, 6.45) is 2.05. The number of hydrogen-bond acceptors (Lipinski definition) is 4. The van der Waals surface area contributed by atoms with Gasteiger partial charge in [0.05, 0.1) is 6.61 Å². The first kappa shape index (κ1) is 16.3. The molecule has 0 radical (unpaired) electrons. The van der Waals surface area contributed by atoms with Crippen molar-refractivity contribution >= 4 is 14.8 Å². The molecule has 0 rings (SSSR count). The third-order valence-corrected chi connectivity index (χ3v) is 4.97. The summed E-state index contributed by atoms with van der Waals surface area (Å²) in [4.78, 5) is 10.8. The highest BCUT2D eigenvalue weighted by atomic mass is 28.3. The average Bonchev–Trinajstić information content (AvgIpc) is 2.33. The molecule has 1 unspecified atom stereocenters. The molecule has 0 aromatic carbocycles. The predicted molar refractivity (Wildman–Crippen MR) is 70.6 cm³/mol. The van der Waals surface area contributed by atoms with Gasteiger partial charge >= 0.3 is 5.97 Å². The Hall–Kier alpha value is -0.653. The second kappa shape index (κ2) is 10.5. The van der Waals surface area contributed by atoms with E-state index in [9.17, 15) is 4.79 Å². The number of carbonyl (C=O) groups excluding carboxylic acids is 1. The Morgan fingerprint density at radius 2 is 1.94 bits per heavy atom. The average molecular weight is 260 g/mol. The zero-order valence-electron chi connectivity index (χ0n) is 11.1.